The molecule has 140 valence electrons. The summed E-state index contributed by atoms with van der Waals surface area (Å²) in [4.78, 5) is 4.64. The first-order chi connectivity index (χ1) is 12.7. The summed E-state index contributed by atoms with van der Waals surface area (Å²) in [6.07, 6.45) is 8.13. The lowest BCUT2D eigenvalue weighted by atomic mass is 10.00. The third-order valence-corrected chi connectivity index (χ3v) is 4.86. The zero-order valence-electron chi connectivity index (χ0n) is 16.6. The third kappa shape index (κ3) is 7.03. The van der Waals surface area contributed by atoms with Crippen molar-refractivity contribution < 1.29 is 4.74 Å². The van der Waals surface area contributed by atoms with Gasteiger partial charge in [0.05, 0.1) is 0 Å². The Balaban J connectivity index is 1.80. The van der Waals surface area contributed by atoms with Gasteiger partial charge in [-0.05, 0) is 59.7 Å². The van der Waals surface area contributed by atoms with Crippen molar-refractivity contribution >= 4 is 6.21 Å². The van der Waals surface area contributed by atoms with Gasteiger partial charge in [0.2, 0.25) is 0 Å². The van der Waals surface area contributed by atoms with E-state index in [1.807, 2.05) is 18.3 Å². The van der Waals surface area contributed by atoms with E-state index >= 15 is 0 Å². The maximum atomic E-state index is 5.88. The maximum Gasteiger partial charge on any atom is 0.119 e. The molecule has 2 heteroatoms. The Hall–Kier alpha value is -2.09. The van der Waals surface area contributed by atoms with Gasteiger partial charge in [-0.1, -0.05) is 64.3 Å². The van der Waals surface area contributed by atoms with Crippen molar-refractivity contribution in [1.29, 1.82) is 0 Å². The Morgan fingerprint density at radius 2 is 1.62 bits per heavy atom. The van der Waals surface area contributed by atoms with E-state index in [0.29, 0.717) is 12.5 Å². The molecule has 0 aliphatic rings. The van der Waals surface area contributed by atoms with Gasteiger partial charge in [-0.15, -0.1) is 0 Å². The lowest BCUT2D eigenvalue weighted by Crippen LogP contribution is -2.03. The molecule has 0 radical (unpaired) electrons. The highest BCUT2D eigenvalue weighted by Crippen LogP contribution is 2.15. The first-order valence-corrected chi connectivity index (χ1v) is 10.1. The Morgan fingerprint density at radius 3 is 2.23 bits per heavy atom. The summed E-state index contributed by atoms with van der Waals surface area (Å²) in [5.41, 5.74) is 3.69. The number of nitrogens with zero attached hydrogens (tertiary/aromatic N) is 1. The molecule has 0 amide bonds. The number of aliphatic imine (C=N–C) groups is 1. The lowest BCUT2D eigenvalue weighted by molar-refractivity contribution is 0.306. The van der Waals surface area contributed by atoms with Gasteiger partial charge < -0.3 is 4.74 Å². The van der Waals surface area contributed by atoms with Crippen molar-refractivity contribution in [2.24, 2.45) is 10.9 Å². The van der Waals surface area contributed by atoms with Crippen LogP contribution in [0.5, 0.6) is 5.75 Å². The maximum absolute atomic E-state index is 5.88. The van der Waals surface area contributed by atoms with Gasteiger partial charge >= 0.3 is 0 Å². The molecule has 2 rings (SSSR count). The van der Waals surface area contributed by atoms with E-state index in [1.165, 1.54) is 36.8 Å². The van der Waals surface area contributed by atoms with Crippen LogP contribution in [0.1, 0.15) is 63.1 Å². The quantitative estimate of drug-likeness (QED) is 0.425. The van der Waals surface area contributed by atoms with E-state index < -0.39 is 0 Å². The number of unbranched alkanes of at least 4 members (excludes halogenated alkanes) is 1. The fraction of sp³-hybridized carbons (Fsp3) is 0.458. The molecule has 0 bridgehead atoms. The van der Waals surface area contributed by atoms with Crippen LogP contribution >= 0.6 is 0 Å². The van der Waals surface area contributed by atoms with Crippen LogP contribution in [0.2, 0.25) is 0 Å². The van der Waals surface area contributed by atoms with Crippen LogP contribution in [0.4, 0.5) is 0 Å². The highest BCUT2D eigenvalue weighted by molar-refractivity contribution is 5.79. The van der Waals surface area contributed by atoms with Gasteiger partial charge in [-0.25, -0.2) is 0 Å². The second-order valence-electron chi connectivity index (χ2n) is 6.94. The average Bonchev–Trinajstić information content (AvgIpc) is 2.70. The number of benzene rings is 2. The number of hydrogen-bond acceptors (Lipinski definition) is 2. The molecule has 0 saturated carbocycles. The molecule has 1 unspecified atom stereocenters. The molecule has 26 heavy (non-hydrogen) atoms. The zero-order chi connectivity index (χ0) is 18.6. The summed E-state index contributed by atoms with van der Waals surface area (Å²) < 4.78 is 5.88. The molecule has 0 N–H and O–H groups in total. The van der Waals surface area contributed by atoms with E-state index in [9.17, 15) is 0 Å². The number of rotatable bonds is 11. The van der Waals surface area contributed by atoms with Crippen LogP contribution < -0.4 is 4.74 Å². The van der Waals surface area contributed by atoms with E-state index in [4.69, 9.17) is 4.74 Å². The van der Waals surface area contributed by atoms with Gasteiger partial charge in [0.1, 0.15) is 12.4 Å². The topological polar surface area (TPSA) is 21.6 Å². The van der Waals surface area contributed by atoms with Gasteiger partial charge in [0.15, 0.2) is 0 Å². The van der Waals surface area contributed by atoms with Gasteiger partial charge in [0.25, 0.3) is 0 Å². The summed E-state index contributed by atoms with van der Waals surface area (Å²) in [7, 11) is 0. The molecule has 0 heterocycles. The van der Waals surface area contributed by atoms with Crippen molar-refractivity contribution in [3.05, 3.63) is 65.2 Å². The Bertz CT molecular complexity index is 643. The van der Waals surface area contributed by atoms with E-state index in [-0.39, 0.29) is 0 Å². The third-order valence-electron chi connectivity index (χ3n) is 4.86. The Labute approximate surface area is 159 Å². The summed E-state index contributed by atoms with van der Waals surface area (Å²) in [5, 5.41) is 0. The molecule has 2 aromatic rings. The van der Waals surface area contributed by atoms with Crippen LogP contribution in [0.15, 0.2) is 53.5 Å². The van der Waals surface area contributed by atoms with Crippen molar-refractivity contribution in [3.8, 4) is 5.75 Å². The number of aryl methyl sites for hydroxylation is 1. The molecule has 0 fully saturated rings. The molecule has 0 spiro atoms. The predicted octanol–water partition coefficient (Wildman–Crippen LogP) is 6.46. The second kappa shape index (κ2) is 11.5. The zero-order valence-corrected chi connectivity index (χ0v) is 16.6. The molecule has 2 aromatic carbocycles. The summed E-state index contributed by atoms with van der Waals surface area (Å²) in [5.74, 6) is 1.61. The minimum absolute atomic E-state index is 0.604. The van der Waals surface area contributed by atoms with Gasteiger partial charge in [0, 0.05) is 12.8 Å². The first-order valence-electron chi connectivity index (χ1n) is 10.1. The highest BCUT2D eigenvalue weighted by atomic mass is 16.5. The van der Waals surface area contributed by atoms with Crippen molar-refractivity contribution in [1.82, 2.24) is 0 Å². The predicted molar refractivity (Wildman–Crippen MR) is 112 cm³/mol. The molecule has 0 saturated heterocycles. The van der Waals surface area contributed by atoms with Gasteiger partial charge in [-0.3, -0.25) is 4.99 Å². The van der Waals surface area contributed by atoms with Crippen molar-refractivity contribution in [2.75, 3.05) is 6.54 Å². The summed E-state index contributed by atoms with van der Waals surface area (Å²) in [6, 6.07) is 16.8. The fourth-order valence-electron chi connectivity index (χ4n) is 2.91. The van der Waals surface area contributed by atoms with Gasteiger partial charge in [-0.2, -0.15) is 0 Å². The van der Waals surface area contributed by atoms with Crippen LogP contribution in [0.25, 0.3) is 0 Å². The molecule has 1 atom stereocenters. The fourth-order valence-corrected chi connectivity index (χ4v) is 2.91. The van der Waals surface area contributed by atoms with Crippen LogP contribution in [-0.2, 0) is 13.0 Å². The second-order valence-corrected chi connectivity index (χ2v) is 6.94. The molecular formula is C24H33NO. The monoisotopic (exact) mass is 351 g/mol. The standard InChI is InChI=1S/C24H33NO/c1-4-7-8-21(6-3)17-25-18-22-13-15-24(16-14-22)26-19-23-11-9-20(5-2)10-12-23/h9-16,18,21H,4-8,17,19H2,1-3H3. The largest absolute Gasteiger partial charge is 0.489 e. The molecule has 0 aromatic heterocycles. The summed E-state index contributed by atoms with van der Waals surface area (Å²) in [6.45, 7) is 8.22. The minimum Gasteiger partial charge on any atom is -0.489 e. The molecule has 0 aliphatic carbocycles. The first kappa shape index (κ1) is 20.2. The number of hydrogen-bond donors (Lipinski definition) is 0. The molecule has 0 aliphatic heterocycles. The van der Waals surface area contributed by atoms with Crippen molar-refractivity contribution in [2.45, 2.75) is 59.5 Å². The normalized spacial score (nSPS) is 12.4. The highest BCUT2D eigenvalue weighted by Gasteiger charge is 2.03. The smallest absolute Gasteiger partial charge is 0.119 e. The average molecular weight is 352 g/mol. The van der Waals surface area contributed by atoms with Crippen LogP contribution in [0, 0.1) is 5.92 Å². The minimum atomic E-state index is 0.604. The number of ether oxygens (including phenoxy) is 1. The Kier molecular flexibility index (Phi) is 8.95. The van der Waals surface area contributed by atoms with Crippen LogP contribution in [-0.4, -0.2) is 12.8 Å². The van der Waals surface area contributed by atoms with E-state index in [1.54, 1.807) is 0 Å². The lowest BCUT2D eigenvalue weighted by Gasteiger charge is -2.10. The van der Waals surface area contributed by atoms with Crippen LogP contribution in [0.3, 0.4) is 0 Å². The summed E-state index contributed by atoms with van der Waals surface area (Å²) >= 11 is 0. The SMILES string of the molecule is CCCCC(CC)CN=Cc1ccc(OCc2ccc(CC)cc2)cc1. The van der Waals surface area contributed by atoms with E-state index in [2.05, 4.69) is 62.2 Å². The van der Waals surface area contributed by atoms with E-state index in [0.717, 1.165) is 24.3 Å². The molecule has 2 nitrogen and oxygen atoms in total. The molecular weight excluding hydrogens is 318 g/mol. The Morgan fingerprint density at radius 1 is 0.923 bits per heavy atom. The van der Waals surface area contributed by atoms with Crippen molar-refractivity contribution in [3.63, 3.8) is 0 Å².